The minimum absolute atomic E-state index is 0.116. The Balaban J connectivity index is 2.54. The number of rotatable bonds is 5. The first-order valence-electron chi connectivity index (χ1n) is 5.68. The first kappa shape index (κ1) is 13.3. The fourth-order valence-electron chi connectivity index (χ4n) is 2.02. The first-order valence-corrected chi connectivity index (χ1v) is 6.73. The second kappa shape index (κ2) is 6.09. The van der Waals surface area contributed by atoms with E-state index in [2.05, 4.69) is 30.5 Å². The molecule has 1 rings (SSSR count). The summed E-state index contributed by atoms with van der Waals surface area (Å²) in [4.78, 5) is 2.53. The molecule has 90 valence electrons. The summed E-state index contributed by atoms with van der Waals surface area (Å²) in [6.07, 6.45) is 1.03. The number of nitrogens with two attached hydrogens (primary N) is 1. The van der Waals surface area contributed by atoms with Crippen LogP contribution in [-0.2, 0) is 4.74 Å². The van der Waals surface area contributed by atoms with Crippen LogP contribution >= 0.6 is 11.8 Å². The molecule has 1 aliphatic heterocycles. The molecule has 1 fully saturated rings. The molecule has 0 aliphatic carbocycles. The molecule has 4 heteroatoms. The minimum atomic E-state index is 0.116. The van der Waals surface area contributed by atoms with Gasteiger partial charge in [-0.25, -0.2) is 0 Å². The van der Waals surface area contributed by atoms with Crippen LogP contribution in [0.1, 0.15) is 20.3 Å². The molecule has 1 heterocycles. The molecule has 0 spiro atoms. The van der Waals surface area contributed by atoms with E-state index in [0.717, 1.165) is 31.4 Å². The fourth-order valence-corrected chi connectivity index (χ4v) is 3.03. The van der Waals surface area contributed by atoms with Crippen LogP contribution in [0.2, 0.25) is 0 Å². The molecule has 0 radical (unpaired) electrons. The molecular weight excluding hydrogens is 208 g/mol. The largest absolute Gasteiger partial charge is 0.385 e. The van der Waals surface area contributed by atoms with Crippen molar-refractivity contribution in [2.45, 2.75) is 31.1 Å². The summed E-state index contributed by atoms with van der Waals surface area (Å²) < 4.78 is 5.17. The third kappa shape index (κ3) is 3.63. The molecule has 1 saturated heterocycles. The molecular formula is C11H24N2OS. The van der Waals surface area contributed by atoms with E-state index < -0.39 is 0 Å². The molecule has 2 atom stereocenters. The monoisotopic (exact) mass is 232 g/mol. The summed E-state index contributed by atoms with van der Waals surface area (Å²) in [5.74, 6) is 1.23. The molecule has 0 amide bonds. The third-order valence-corrected chi connectivity index (χ3v) is 4.43. The summed E-state index contributed by atoms with van der Waals surface area (Å²) in [5, 5.41) is 0.729. The van der Waals surface area contributed by atoms with Crippen molar-refractivity contribution in [1.29, 1.82) is 0 Å². The van der Waals surface area contributed by atoms with Crippen LogP contribution in [-0.4, -0.2) is 54.8 Å². The number of hydrogen-bond donors (Lipinski definition) is 1. The Bertz CT molecular complexity index is 191. The lowest BCUT2D eigenvalue weighted by atomic mass is 9.95. The Labute approximate surface area is 97.7 Å². The fraction of sp³-hybridized carbons (Fsp3) is 1.00. The number of thioether (sulfide) groups is 1. The zero-order chi connectivity index (χ0) is 11.3. The van der Waals surface area contributed by atoms with Gasteiger partial charge in [0.15, 0.2) is 0 Å². The predicted octanol–water partition coefficient (Wildman–Crippen LogP) is 1.18. The summed E-state index contributed by atoms with van der Waals surface area (Å²) in [7, 11) is 1.76. The molecule has 0 aromatic rings. The maximum absolute atomic E-state index is 5.92. The van der Waals surface area contributed by atoms with Gasteiger partial charge in [0.1, 0.15) is 0 Å². The Hall–Kier alpha value is 0.230. The van der Waals surface area contributed by atoms with E-state index in [4.69, 9.17) is 10.5 Å². The number of hydrogen-bond acceptors (Lipinski definition) is 4. The normalized spacial score (nSPS) is 27.6. The highest BCUT2D eigenvalue weighted by atomic mass is 32.2. The maximum Gasteiger partial charge on any atom is 0.0480 e. The minimum Gasteiger partial charge on any atom is -0.385 e. The average Bonchev–Trinajstić information content (AvgIpc) is 2.26. The Kier molecular flexibility index (Phi) is 5.39. The Morgan fingerprint density at radius 1 is 1.60 bits per heavy atom. The molecule has 0 aromatic carbocycles. The predicted molar refractivity (Wildman–Crippen MR) is 67.4 cm³/mol. The van der Waals surface area contributed by atoms with Crippen molar-refractivity contribution in [3.63, 3.8) is 0 Å². The van der Waals surface area contributed by atoms with Crippen LogP contribution in [0.4, 0.5) is 0 Å². The van der Waals surface area contributed by atoms with Crippen molar-refractivity contribution >= 4 is 11.8 Å². The SMILES string of the molecule is COCCC(C)(CN)N1CCSC(C)C1. The number of nitrogens with zero attached hydrogens (tertiary/aromatic N) is 1. The van der Waals surface area contributed by atoms with Crippen molar-refractivity contribution in [2.24, 2.45) is 5.73 Å². The van der Waals surface area contributed by atoms with Crippen LogP contribution in [0, 0.1) is 0 Å². The second-order valence-corrected chi connectivity index (χ2v) is 6.12. The summed E-state index contributed by atoms with van der Waals surface area (Å²) >= 11 is 2.06. The smallest absolute Gasteiger partial charge is 0.0480 e. The molecule has 0 aromatic heterocycles. The van der Waals surface area contributed by atoms with Gasteiger partial charge in [0.25, 0.3) is 0 Å². The summed E-state index contributed by atoms with van der Waals surface area (Å²) in [6, 6.07) is 0. The Morgan fingerprint density at radius 3 is 2.87 bits per heavy atom. The van der Waals surface area contributed by atoms with E-state index in [1.54, 1.807) is 7.11 Å². The standard InChI is InChI=1S/C11H24N2OS/c1-10-8-13(5-7-15-10)11(2,9-12)4-6-14-3/h10H,4-9,12H2,1-3H3. The molecule has 15 heavy (non-hydrogen) atoms. The van der Waals surface area contributed by atoms with E-state index in [1.807, 2.05) is 0 Å². The van der Waals surface area contributed by atoms with Gasteiger partial charge in [-0.15, -0.1) is 0 Å². The topological polar surface area (TPSA) is 38.5 Å². The van der Waals surface area contributed by atoms with Crippen LogP contribution in [0.5, 0.6) is 0 Å². The van der Waals surface area contributed by atoms with Crippen LogP contribution < -0.4 is 5.73 Å². The van der Waals surface area contributed by atoms with Gasteiger partial charge in [-0.05, 0) is 13.3 Å². The zero-order valence-corrected chi connectivity index (χ0v) is 11.0. The van der Waals surface area contributed by atoms with Crippen molar-refractivity contribution in [2.75, 3.05) is 39.1 Å². The van der Waals surface area contributed by atoms with Gasteiger partial charge in [0.2, 0.25) is 0 Å². The van der Waals surface area contributed by atoms with Crippen molar-refractivity contribution in [1.82, 2.24) is 4.90 Å². The van der Waals surface area contributed by atoms with Gasteiger partial charge in [-0.3, -0.25) is 4.90 Å². The van der Waals surface area contributed by atoms with E-state index in [-0.39, 0.29) is 5.54 Å². The van der Waals surface area contributed by atoms with Crippen LogP contribution in [0.25, 0.3) is 0 Å². The van der Waals surface area contributed by atoms with Crippen LogP contribution in [0.15, 0.2) is 0 Å². The number of ether oxygens (including phenoxy) is 1. The highest BCUT2D eigenvalue weighted by Crippen LogP contribution is 2.26. The third-order valence-electron chi connectivity index (χ3n) is 3.29. The molecule has 3 nitrogen and oxygen atoms in total. The zero-order valence-electron chi connectivity index (χ0n) is 10.2. The summed E-state index contributed by atoms with van der Waals surface area (Å²) in [6.45, 7) is 8.38. The van der Waals surface area contributed by atoms with E-state index in [1.165, 1.54) is 5.75 Å². The lowest BCUT2D eigenvalue weighted by molar-refractivity contribution is 0.0720. The summed E-state index contributed by atoms with van der Waals surface area (Å²) in [5.41, 5.74) is 6.04. The first-order chi connectivity index (χ1) is 7.12. The molecule has 2 unspecified atom stereocenters. The Morgan fingerprint density at radius 2 is 2.33 bits per heavy atom. The van der Waals surface area contributed by atoms with Gasteiger partial charge in [0.05, 0.1) is 0 Å². The average molecular weight is 232 g/mol. The van der Waals surface area contributed by atoms with E-state index >= 15 is 0 Å². The van der Waals surface area contributed by atoms with Gasteiger partial charge < -0.3 is 10.5 Å². The van der Waals surface area contributed by atoms with Gasteiger partial charge >= 0.3 is 0 Å². The highest BCUT2D eigenvalue weighted by molar-refractivity contribution is 7.99. The number of methoxy groups -OCH3 is 1. The quantitative estimate of drug-likeness (QED) is 0.772. The van der Waals surface area contributed by atoms with Crippen molar-refractivity contribution in [3.05, 3.63) is 0 Å². The van der Waals surface area contributed by atoms with Gasteiger partial charge in [-0.2, -0.15) is 11.8 Å². The maximum atomic E-state index is 5.92. The highest BCUT2D eigenvalue weighted by Gasteiger charge is 2.32. The van der Waals surface area contributed by atoms with Gasteiger partial charge in [0, 0.05) is 49.9 Å². The van der Waals surface area contributed by atoms with E-state index in [9.17, 15) is 0 Å². The lowest BCUT2D eigenvalue weighted by Crippen LogP contribution is -2.56. The van der Waals surface area contributed by atoms with Crippen molar-refractivity contribution < 1.29 is 4.74 Å². The molecule has 1 aliphatic rings. The van der Waals surface area contributed by atoms with Crippen LogP contribution in [0.3, 0.4) is 0 Å². The van der Waals surface area contributed by atoms with E-state index in [0.29, 0.717) is 6.54 Å². The van der Waals surface area contributed by atoms with Gasteiger partial charge in [-0.1, -0.05) is 6.92 Å². The van der Waals surface area contributed by atoms with Crippen molar-refractivity contribution in [3.8, 4) is 0 Å². The lowest BCUT2D eigenvalue weighted by Gasteiger charge is -2.44. The molecule has 0 saturated carbocycles. The molecule has 2 N–H and O–H groups in total. The molecule has 0 bridgehead atoms. The second-order valence-electron chi connectivity index (χ2n) is 4.57.